The summed E-state index contributed by atoms with van der Waals surface area (Å²) in [5.74, 6) is -1.82. The summed E-state index contributed by atoms with van der Waals surface area (Å²) in [6.45, 7) is 0.897. The first kappa shape index (κ1) is 18.4. The Morgan fingerprint density at radius 3 is 2.77 bits per heavy atom. The van der Waals surface area contributed by atoms with Crippen LogP contribution >= 0.6 is 0 Å². The summed E-state index contributed by atoms with van der Waals surface area (Å²) in [6.07, 6.45) is 2.56. The molecule has 1 aromatic rings. The molecule has 0 unspecified atom stereocenters. The van der Waals surface area contributed by atoms with E-state index in [0.717, 1.165) is 37.5 Å². The molecule has 1 aliphatic heterocycles. The van der Waals surface area contributed by atoms with Gasteiger partial charge in [-0.25, -0.2) is 13.6 Å². The number of amides is 3. The van der Waals surface area contributed by atoms with E-state index in [1.165, 1.54) is 4.90 Å². The lowest BCUT2D eigenvalue weighted by Crippen LogP contribution is -2.54. The number of ether oxygens (including phenoxy) is 1. The van der Waals surface area contributed by atoms with Crippen molar-refractivity contribution in [2.45, 2.75) is 25.3 Å². The van der Waals surface area contributed by atoms with E-state index < -0.39 is 11.6 Å². The van der Waals surface area contributed by atoms with Crippen LogP contribution in [0, 0.1) is 17.0 Å². The van der Waals surface area contributed by atoms with E-state index in [1.807, 2.05) is 0 Å². The highest BCUT2D eigenvalue weighted by Crippen LogP contribution is 2.48. The molecule has 0 bridgehead atoms. The van der Waals surface area contributed by atoms with Crippen molar-refractivity contribution in [1.82, 2.24) is 15.1 Å². The van der Waals surface area contributed by atoms with Gasteiger partial charge in [-0.3, -0.25) is 4.79 Å². The number of carbonyl (C=O) groups excluding carboxylic acids is 2. The summed E-state index contributed by atoms with van der Waals surface area (Å²) < 4.78 is 31.8. The molecule has 3 rings (SSSR count). The van der Waals surface area contributed by atoms with Gasteiger partial charge in [0, 0.05) is 39.3 Å². The Morgan fingerprint density at radius 2 is 2.08 bits per heavy atom. The third-order valence-corrected chi connectivity index (χ3v) is 5.13. The monoisotopic (exact) mass is 367 g/mol. The maximum atomic E-state index is 13.5. The highest BCUT2D eigenvalue weighted by molar-refractivity contribution is 5.78. The van der Waals surface area contributed by atoms with Crippen molar-refractivity contribution in [1.29, 1.82) is 0 Å². The molecule has 142 valence electrons. The number of hydrogen-bond acceptors (Lipinski definition) is 3. The lowest BCUT2D eigenvalue weighted by molar-refractivity contribution is -0.133. The SMILES string of the molecule is CN(C)C(=O)NC1CC2(CCN(C(=O)COc3cc(F)ccc3F)C2)C1. The van der Waals surface area contributed by atoms with Crippen LogP contribution in [0.15, 0.2) is 18.2 Å². The van der Waals surface area contributed by atoms with Crippen LogP contribution in [0.3, 0.4) is 0 Å². The highest BCUT2D eigenvalue weighted by Gasteiger charge is 2.49. The van der Waals surface area contributed by atoms with Crippen LogP contribution in [0.25, 0.3) is 0 Å². The fourth-order valence-electron chi connectivity index (χ4n) is 3.69. The summed E-state index contributed by atoms with van der Waals surface area (Å²) >= 11 is 0. The number of hydrogen-bond donors (Lipinski definition) is 1. The molecule has 1 saturated carbocycles. The second-order valence-corrected chi connectivity index (χ2v) is 7.38. The number of rotatable bonds is 4. The Morgan fingerprint density at radius 1 is 1.35 bits per heavy atom. The van der Waals surface area contributed by atoms with E-state index in [1.54, 1.807) is 19.0 Å². The van der Waals surface area contributed by atoms with Gasteiger partial charge in [0.05, 0.1) is 0 Å². The zero-order valence-electron chi connectivity index (χ0n) is 14.9. The van der Waals surface area contributed by atoms with Crippen LogP contribution in [0.5, 0.6) is 5.75 Å². The molecule has 1 aromatic carbocycles. The minimum Gasteiger partial charge on any atom is -0.481 e. The van der Waals surface area contributed by atoms with Crippen molar-refractivity contribution < 1.29 is 23.1 Å². The molecular formula is C18H23F2N3O3. The zero-order valence-corrected chi connectivity index (χ0v) is 14.9. The second-order valence-electron chi connectivity index (χ2n) is 7.38. The molecule has 0 atom stereocenters. The topological polar surface area (TPSA) is 61.9 Å². The Hall–Kier alpha value is -2.38. The molecule has 2 aliphatic rings. The standard InChI is InChI=1S/C18H23F2N3O3/c1-22(2)17(25)21-13-8-18(9-13)5-6-23(11-18)16(24)10-26-15-7-12(19)3-4-14(15)20/h3-4,7,13H,5-6,8-11H2,1-2H3,(H,21,25). The Bertz CT molecular complexity index is 705. The summed E-state index contributed by atoms with van der Waals surface area (Å²) in [5, 5.41) is 2.95. The number of nitrogens with one attached hydrogen (secondary N) is 1. The summed E-state index contributed by atoms with van der Waals surface area (Å²) in [7, 11) is 3.39. The smallest absolute Gasteiger partial charge is 0.317 e. The van der Waals surface area contributed by atoms with E-state index in [9.17, 15) is 18.4 Å². The normalized spacial score (nSPS) is 24.3. The zero-order chi connectivity index (χ0) is 18.9. The third kappa shape index (κ3) is 3.89. The Labute approximate surface area is 151 Å². The van der Waals surface area contributed by atoms with Crippen molar-refractivity contribution in [2.24, 2.45) is 5.41 Å². The number of nitrogens with zero attached hydrogens (tertiary/aromatic N) is 2. The van der Waals surface area contributed by atoms with Crippen LogP contribution in [0.1, 0.15) is 19.3 Å². The number of benzene rings is 1. The van der Waals surface area contributed by atoms with E-state index >= 15 is 0 Å². The van der Waals surface area contributed by atoms with Crippen molar-refractivity contribution in [3.05, 3.63) is 29.8 Å². The summed E-state index contributed by atoms with van der Waals surface area (Å²) in [4.78, 5) is 27.2. The highest BCUT2D eigenvalue weighted by atomic mass is 19.1. The van der Waals surface area contributed by atoms with Gasteiger partial charge in [-0.05, 0) is 36.8 Å². The van der Waals surface area contributed by atoms with Gasteiger partial charge >= 0.3 is 6.03 Å². The average molecular weight is 367 g/mol. The molecule has 3 amide bonds. The van der Waals surface area contributed by atoms with Crippen LogP contribution in [-0.2, 0) is 4.79 Å². The predicted molar refractivity (Wildman–Crippen MR) is 90.7 cm³/mol. The molecule has 1 N–H and O–H groups in total. The lowest BCUT2D eigenvalue weighted by atomic mass is 9.65. The molecule has 1 aliphatic carbocycles. The van der Waals surface area contributed by atoms with Crippen LogP contribution in [0.4, 0.5) is 13.6 Å². The Kier molecular flexibility index (Phi) is 5.02. The van der Waals surface area contributed by atoms with Crippen molar-refractivity contribution in [2.75, 3.05) is 33.8 Å². The van der Waals surface area contributed by atoms with Crippen molar-refractivity contribution in [3.63, 3.8) is 0 Å². The van der Waals surface area contributed by atoms with Gasteiger partial charge in [0.2, 0.25) is 0 Å². The summed E-state index contributed by atoms with van der Waals surface area (Å²) in [5.41, 5.74) is 0.0457. The maximum absolute atomic E-state index is 13.5. The molecule has 6 nitrogen and oxygen atoms in total. The number of halogens is 2. The van der Waals surface area contributed by atoms with E-state index in [4.69, 9.17) is 4.74 Å². The van der Waals surface area contributed by atoms with Gasteiger partial charge in [-0.1, -0.05) is 0 Å². The minimum absolute atomic E-state index is 0.0457. The molecular weight excluding hydrogens is 344 g/mol. The molecule has 2 fully saturated rings. The molecule has 1 spiro atoms. The summed E-state index contributed by atoms with van der Waals surface area (Å²) in [6, 6.07) is 2.92. The van der Waals surface area contributed by atoms with Gasteiger partial charge in [-0.2, -0.15) is 0 Å². The van der Waals surface area contributed by atoms with Gasteiger partial charge in [-0.15, -0.1) is 0 Å². The maximum Gasteiger partial charge on any atom is 0.317 e. The molecule has 26 heavy (non-hydrogen) atoms. The Balaban J connectivity index is 1.46. The van der Waals surface area contributed by atoms with Crippen LogP contribution in [-0.4, -0.2) is 61.6 Å². The first-order valence-corrected chi connectivity index (χ1v) is 8.61. The third-order valence-electron chi connectivity index (χ3n) is 5.13. The van der Waals surface area contributed by atoms with Crippen molar-refractivity contribution >= 4 is 11.9 Å². The number of carbonyl (C=O) groups is 2. The number of urea groups is 1. The van der Waals surface area contributed by atoms with Gasteiger partial charge < -0.3 is 19.9 Å². The van der Waals surface area contributed by atoms with E-state index in [2.05, 4.69) is 5.32 Å². The molecule has 1 heterocycles. The van der Waals surface area contributed by atoms with Gasteiger partial charge in [0.15, 0.2) is 18.2 Å². The lowest BCUT2D eigenvalue weighted by Gasteiger charge is -2.45. The fourth-order valence-corrected chi connectivity index (χ4v) is 3.69. The largest absolute Gasteiger partial charge is 0.481 e. The fraction of sp³-hybridized carbons (Fsp3) is 0.556. The molecule has 0 radical (unpaired) electrons. The van der Waals surface area contributed by atoms with E-state index in [-0.39, 0.29) is 35.8 Å². The van der Waals surface area contributed by atoms with Gasteiger partial charge in [0.1, 0.15) is 5.82 Å². The minimum atomic E-state index is -0.699. The molecule has 0 aromatic heterocycles. The predicted octanol–water partition coefficient (Wildman–Crippen LogP) is 2.00. The quantitative estimate of drug-likeness (QED) is 0.885. The number of likely N-dealkylation sites (tertiary alicyclic amines) is 1. The average Bonchev–Trinajstić information content (AvgIpc) is 3.00. The van der Waals surface area contributed by atoms with Crippen LogP contribution in [0.2, 0.25) is 0 Å². The first-order chi connectivity index (χ1) is 12.3. The second kappa shape index (κ2) is 7.09. The molecule has 1 saturated heterocycles. The molecule has 8 heteroatoms. The first-order valence-electron chi connectivity index (χ1n) is 8.61. The van der Waals surface area contributed by atoms with Crippen molar-refractivity contribution in [3.8, 4) is 5.75 Å². The van der Waals surface area contributed by atoms with Crippen LogP contribution < -0.4 is 10.1 Å². The van der Waals surface area contributed by atoms with E-state index in [0.29, 0.717) is 13.1 Å². The van der Waals surface area contributed by atoms with Gasteiger partial charge in [0.25, 0.3) is 5.91 Å².